The lowest BCUT2D eigenvalue weighted by Gasteiger charge is -2.13. The average Bonchev–Trinajstić information content (AvgIpc) is 2.19. The zero-order valence-electron chi connectivity index (χ0n) is 8.69. The normalized spacial score (nSPS) is 10.9. The molecule has 0 aliphatic carbocycles. The Labute approximate surface area is 103 Å². The van der Waals surface area contributed by atoms with Gasteiger partial charge in [0.15, 0.2) is 0 Å². The zero-order chi connectivity index (χ0) is 10.6. The van der Waals surface area contributed by atoms with Crippen LogP contribution >= 0.6 is 31.9 Å². The molecule has 1 aromatic carbocycles. The molecule has 0 radical (unpaired) electrons. The molecular formula is C12H16Br2. The van der Waals surface area contributed by atoms with Crippen molar-refractivity contribution in [2.75, 3.05) is 10.7 Å². The van der Waals surface area contributed by atoms with Crippen molar-refractivity contribution in [1.29, 1.82) is 0 Å². The summed E-state index contributed by atoms with van der Waals surface area (Å²) in [6.45, 7) is 4.34. The lowest BCUT2D eigenvalue weighted by molar-refractivity contribution is 0.676. The third-order valence-corrected chi connectivity index (χ3v) is 4.28. The fourth-order valence-electron chi connectivity index (χ4n) is 1.48. The first kappa shape index (κ1) is 12.3. The van der Waals surface area contributed by atoms with Crippen LogP contribution in [0.2, 0.25) is 0 Å². The van der Waals surface area contributed by atoms with Crippen molar-refractivity contribution in [2.45, 2.75) is 20.3 Å². The summed E-state index contributed by atoms with van der Waals surface area (Å²) in [5.41, 5.74) is 4.24. The quantitative estimate of drug-likeness (QED) is 0.728. The number of alkyl halides is 2. The minimum Gasteiger partial charge on any atom is -0.0925 e. The number of benzene rings is 1. The summed E-state index contributed by atoms with van der Waals surface area (Å²) in [6.07, 6.45) is 1.16. The largest absolute Gasteiger partial charge is 0.0925 e. The van der Waals surface area contributed by atoms with Crippen LogP contribution in [0.25, 0.3) is 0 Å². The molecule has 0 fully saturated rings. The molecule has 1 aromatic rings. The van der Waals surface area contributed by atoms with E-state index in [4.69, 9.17) is 0 Å². The molecule has 0 amide bonds. The third-order valence-electron chi connectivity index (χ3n) is 2.45. The molecule has 14 heavy (non-hydrogen) atoms. The van der Waals surface area contributed by atoms with Gasteiger partial charge in [0.1, 0.15) is 0 Å². The number of hydrogen-bond acceptors (Lipinski definition) is 0. The number of aryl methyl sites for hydroxylation is 2. The predicted molar refractivity (Wildman–Crippen MR) is 70.7 cm³/mol. The van der Waals surface area contributed by atoms with E-state index >= 15 is 0 Å². The zero-order valence-corrected chi connectivity index (χ0v) is 11.9. The number of rotatable bonds is 4. The topological polar surface area (TPSA) is 0 Å². The lowest BCUT2D eigenvalue weighted by atomic mass is 9.97. The van der Waals surface area contributed by atoms with E-state index < -0.39 is 0 Å². The van der Waals surface area contributed by atoms with Crippen LogP contribution in [0.5, 0.6) is 0 Å². The number of hydrogen-bond donors (Lipinski definition) is 0. The molecule has 0 saturated heterocycles. The lowest BCUT2D eigenvalue weighted by Crippen LogP contribution is -2.08. The van der Waals surface area contributed by atoms with Crippen molar-refractivity contribution in [3.8, 4) is 0 Å². The Morgan fingerprint density at radius 2 is 1.79 bits per heavy atom. The predicted octanol–water partition coefficient (Wildman–Crippen LogP) is 4.25. The molecule has 0 aliphatic rings. The molecule has 0 spiro atoms. The Balaban J connectivity index is 2.79. The van der Waals surface area contributed by atoms with Gasteiger partial charge in [-0.15, -0.1) is 0 Å². The van der Waals surface area contributed by atoms with E-state index in [-0.39, 0.29) is 0 Å². The first-order chi connectivity index (χ1) is 6.67. The van der Waals surface area contributed by atoms with Crippen LogP contribution in [0.3, 0.4) is 0 Å². The summed E-state index contributed by atoms with van der Waals surface area (Å²) in [4.78, 5) is 0. The van der Waals surface area contributed by atoms with Gasteiger partial charge >= 0.3 is 0 Å². The van der Waals surface area contributed by atoms with E-state index in [0.29, 0.717) is 5.92 Å². The molecule has 2 heteroatoms. The second-order valence-corrected chi connectivity index (χ2v) is 5.10. The van der Waals surface area contributed by atoms with Gasteiger partial charge in [0.05, 0.1) is 0 Å². The standard InChI is InChI=1S/C12H16Br2/c1-9-3-4-10(2)12(5-9)6-11(7-13)8-14/h3-5,11H,6-8H2,1-2H3. The van der Waals surface area contributed by atoms with Crippen LogP contribution in [0.15, 0.2) is 18.2 Å². The van der Waals surface area contributed by atoms with E-state index in [0.717, 1.165) is 17.1 Å². The van der Waals surface area contributed by atoms with Gasteiger partial charge in [0.2, 0.25) is 0 Å². The fraction of sp³-hybridized carbons (Fsp3) is 0.500. The summed E-state index contributed by atoms with van der Waals surface area (Å²) in [5, 5.41) is 2.12. The van der Waals surface area contributed by atoms with Gasteiger partial charge in [-0.25, -0.2) is 0 Å². The van der Waals surface area contributed by atoms with Crippen molar-refractivity contribution >= 4 is 31.9 Å². The molecular weight excluding hydrogens is 304 g/mol. The molecule has 0 saturated carbocycles. The monoisotopic (exact) mass is 318 g/mol. The second-order valence-electron chi connectivity index (χ2n) is 3.81. The highest BCUT2D eigenvalue weighted by Gasteiger charge is 2.08. The summed E-state index contributed by atoms with van der Waals surface area (Å²) in [6, 6.07) is 6.69. The molecule has 0 N–H and O–H groups in total. The first-order valence-electron chi connectivity index (χ1n) is 4.85. The van der Waals surface area contributed by atoms with E-state index in [1.165, 1.54) is 16.7 Å². The average molecular weight is 320 g/mol. The van der Waals surface area contributed by atoms with Gasteiger partial charge in [-0.3, -0.25) is 0 Å². The van der Waals surface area contributed by atoms with Gasteiger partial charge in [-0.05, 0) is 37.3 Å². The molecule has 0 aliphatic heterocycles. The molecule has 0 heterocycles. The molecule has 0 unspecified atom stereocenters. The van der Waals surface area contributed by atoms with Crippen molar-refractivity contribution < 1.29 is 0 Å². The third kappa shape index (κ3) is 3.39. The van der Waals surface area contributed by atoms with Gasteiger partial charge < -0.3 is 0 Å². The molecule has 1 rings (SSSR count). The van der Waals surface area contributed by atoms with Crippen molar-refractivity contribution in [2.24, 2.45) is 5.92 Å². The van der Waals surface area contributed by atoms with Crippen molar-refractivity contribution in [1.82, 2.24) is 0 Å². The summed E-state index contributed by atoms with van der Waals surface area (Å²) in [7, 11) is 0. The van der Waals surface area contributed by atoms with Crippen LogP contribution in [0.1, 0.15) is 16.7 Å². The van der Waals surface area contributed by atoms with Crippen LogP contribution in [0.4, 0.5) is 0 Å². The molecule has 0 nitrogen and oxygen atoms in total. The Bertz CT molecular complexity index is 290. The summed E-state index contributed by atoms with van der Waals surface area (Å²) < 4.78 is 0. The van der Waals surface area contributed by atoms with Gasteiger partial charge in [0, 0.05) is 10.7 Å². The summed E-state index contributed by atoms with van der Waals surface area (Å²) in [5.74, 6) is 0.690. The van der Waals surface area contributed by atoms with Crippen LogP contribution < -0.4 is 0 Å². The minimum absolute atomic E-state index is 0.690. The number of halogens is 2. The van der Waals surface area contributed by atoms with Gasteiger partial charge in [0.25, 0.3) is 0 Å². The molecule has 78 valence electrons. The van der Waals surface area contributed by atoms with Gasteiger partial charge in [-0.1, -0.05) is 55.6 Å². The molecule has 0 aromatic heterocycles. The highest BCUT2D eigenvalue weighted by molar-refractivity contribution is 9.09. The fourth-order valence-corrected chi connectivity index (χ4v) is 3.01. The summed E-state index contributed by atoms with van der Waals surface area (Å²) >= 11 is 7.09. The van der Waals surface area contributed by atoms with Crippen LogP contribution in [-0.4, -0.2) is 10.7 Å². The van der Waals surface area contributed by atoms with Gasteiger partial charge in [-0.2, -0.15) is 0 Å². The van der Waals surface area contributed by atoms with Crippen LogP contribution in [0, 0.1) is 19.8 Å². The SMILES string of the molecule is Cc1ccc(C)c(CC(CBr)CBr)c1. The smallest absolute Gasteiger partial charge is 0.00708 e. The van der Waals surface area contributed by atoms with E-state index in [2.05, 4.69) is 63.9 Å². The van der Waals surface area contributed by atoms with E-state index in [9.17, 15) is 0 Å². The first-order valence-corrected chi connectivity index (χ1v) is 7.09. The van der Waals surface area contributed by atoms with E-state index in [1.54, 1.807) is 0 Å². The Morgan fingerprint density at radius 1 is 1.14 bits per heavy atom. The Morgan fingerprint density at radius 3 is 2.36 bits per heavy atom. The maximum atomic E-state index is 3.55. The minimum atomic E-state index is 0.690. The Hall–Kier alpha value is 0.180. The maximum absolute atomic E-state index is 3.55. The molecule has 0 atom stereocenters. The highest BCUT2D eigenvalue weighted by atomic mass is 79.9. The highest BCUT2D eigenvalue weighted by Crippen LogP contribution is 2.18. The van der Waals surface area contributed by atoms with Crippen molar-refractivity contribution in [3.63, 3.8) is 0 Å². The van der Waals surface area contributed by atoms with E-state index in [1.807, 2.05) is 0 Å². The van der Waals surface area contributed by atoms with Crippen molar-refractivity contribution in [3.05, 3.63) is 34.9 Å². The van der Waals surface area contributed by atoms with Crippen LogP contribution in [-0.2, 0) is 6.42 Å². The molecule has 0 bridgehead atoms. The second kappa shape index (κ2) is 5.92. The maximum Gasteiger partial charge on any atom is 0.00708 e. The Kier molecular flexibility index (Phi) is 5.18.